The quantitative estimate of drug-likeness (QED) is 0.0345. The van der Waals surface area contributed by atoms with Crippen LogP contribution in [0.5, 0.6) is 0 Å². The Hall–Kier alpha value is -1.59. The van der Waals surface area contributed by atoms with Gasteiger partial charge in [-0.1, -0.05) is 253 Å². The van der Waals surface area contributed by atoms with E-state index >= 15 is 0 Å². The van der Waals surface area contributed by atoms with Gasteiger partial charge in [0.15, 0.2) is 6.10 Å². The number of hydrogen-bond acceptors (Lipinski definition) is 6. The van der Waals surface area contributed by atoms with Gasteiger partial charge >= 0.3 is 17.9 Å². The van der Waals surface area contributed by atoms with E-state index in [0.29, 0.717) is 19.3 Å². The predicted octanol–water partition coefficient (Wildman–Crippen LogP) is 16.9. The minimum Gasteiger partial charge on any atom is -0.462 e. The summed E-state index contributed by atoms with van der Waals surface area (Å²) < 4.78 is 16.8. The van der Waals surface area contributed by atoms with E-state index < -0.39 is 6.10 Å². The largest absolute Gasteiger partial charge is 0.462 e. The van der Waals surface area contributed by atoms with E-state index in [9.17, 15) is 14.4 Å². The molecular weight excluding hydrogens is 733 g/mol. The van der Waals surface area contributed by atoms with Gasteiger partial charge in [0.25, 0.3) is 0 Å². The molecule has 1 atom stereocenters. The maximum absolute atomic E-state index is 12.8. The Morgan fingerprint density at radius 3 is 0.831 bits per heavy atom. The summed E-state index contributed by atoms with van der Waals surface area (Å²) in [6.07, 6.45) is 46.7. The lowest BCUT2D eigenvalue weighted by molar-refractivity contribution is -0.167. The molecule has 0 aromatic heterocycles. The average molecular weight is 835 g/mol. The van der Waals surface area contributed by atoms with Gasteiger partial charge in [-0.15, -0.1) is 0 Å². The molecule has 350 valence electrons. The molecule has 0 heterocycles. The van der Waals surface area contributed by atoms with Crippen LogP contribution >= 0.6 is 0 Å². The van der Waals surface area contributed by atoms with Crippen LogP contribution in [0.2, 0.25) is 0 Å². The van der Waals surface area contributed by atoms with Crippen molar-refractivity contribution < 1.29 is 28.6 Å². The summed E-state index contributed by atoms with van der Waals surface area (Å²) >= 11 is 0. The van der Waals surface area contributed by atoms with Crippen LogP contribution < -0.4 is 0 Å². The first-order valence-electron chi connectivity index (χ1n) is 26.2. The van der Waals surface area contributed by atoms with Gasteiger partial charge in [0.2, 0.25) is 0 Å². The van der Waals surface area contributed by atoms with Crippen molar-refractivity contribution in [2.24, 2.45) is 11.8 Å². The molecular formula is C53H102O6. The first kappa shape index (κ1) is 57.4. The Balaban J connectivity index is 4.26. The van der Waals surface area contributed by atoms with E-state index in [2.05, 4.69) is 34.6 Å². The molecule has 59 heavy (non-hydrogen) atoms. The number of hydrogen-bond donors (Lipinski definition) is 0. The van der Waals surface area contributed by atoms with Crippen molar-refractivity contribution in [2.45, 2.75) is 298 Å². The third kappa shape index (κ3) is 47.3. The number of unbranched alkanes of at least 4 members (excludes halogenated alkanes) is 32. The van der Waals surface area contributed by atoms with Crippen LogP contribution in [0.3, 0.4) is 0 Å². The maximum Gasteiger partial charge on any atom is 0.306 e. The molecule has 0 aromatic carbocycles. The summed E-state index contributed by atoms with van der Waals surface area (Å²) in [5.74, 6) is 0.751. The van der Waals surface area contributed by atoms with Gasteiger partial charge < -0.3 is 14.2 Å². The minimum absolute atomic E-state index is 0.0642. The van der Waals surface area contributed by atoms with Gasteiger partial charge in [-0.2, -0.15) is 0 Å². The molecule has 0 aliphatic heterocycles. The Labute approximate surface area is 368 Å². The standard InChI is InChI=1S/C53H102O6/c1-6-7-8-9-10-11-12-13-14-15-16-17-18-19-22-28-33-38-43-51(54)57-46-50(47-58-52(55)44-39-34-29-25-24-27-32-37-42-49(4)5)59-53(56)45-40-35-30-23-20-21-26-31-36-41-48(2)3/h48-50H,6-47H2,1-5H3/t50-/m0/s1. The monoisotopic (exact) mass is 835 g/mol. The Bertz CT molecular complexity index is 900. The molecule has 0 saturated heterocycles. The fourth-order valence-corrected chi connectivity index (χ4v) is 7.99. The van der Waals surface area contributed by atoms with Crippen LogP contribution in [0.1, 0.15) is 291 Å². The topological polar surface area (TPSA) is 78.9 Å². The van der Waals surface area contributed by atoms with Crippen molar-refractivity contribution in [1.29, 1.82) is 0 Å². The van der Waals surface area contributed by atoms with Gasteiger partial charge in [-0.05, 0) is 31.1 Å². The minimum atomic E-state index is -0.762. The molecule has 0 N–H and O–H groups in total. The van der Waals surface area contributed by atoms with Crippen molar-refractivity contribution in [2.75, 3.05) is 13.2 Å². The first-order valence-corrected chi connectivity index (χ1v) is 26.2. The molecule has 0 saturated carbocycles. The summed E-state index contributed by atoms with van der Waals surface area (Å²) in [5, 5.41) is 0. The van der Waals surface area contributed by atoms with Crippen LogP contribution in [-0.2, 0) is 28.6 Å². The second-order valence-corrected chi connectivity index (χ2v) is 19.1. The van der Waals surface area contributed by atoms with E-state index in [0.717, 1.165) is 69.6 Å². The second kappa shape index (κ2) is 45.9. The summed E-state index contributed by atoms with van der Waals surface area (Å²) in [7, 11) is 0. The van der Waals surface area contributed by atoms with Crippen molar-refractivity contribution in [3.63, 3.8) is 0 Å². The molecule has 0 radical (unpaired) electrons. The van der Waals surface area contributed by atoms with Crippen LogP contribution in [0.15, 0.2) is 0 Å². The molecule has 0 unspecified atom stereocenters. The average Bonchev–Trinajstić information content (AvgIpc) is 3.20. The third-order valence-corrected chi connectivity index (χ3v) is 12.0. The second-order valence-electron chi connectivity index (χ2n) is 19.1. The third-order valence-electron chi connectivity index (χ3n) is 12.0. The number of ether oxygens (including phenoxy) is 3. The highest BCUT2D eigenvalue weighted by Crippen LogP contribution is 2.17. The fraction of sp³-hybridized carbons (Fsp3) is 0.943. The molecule has 0 spiro atoms. The number of esters is 3. The Morgan fingerprint density at radius 2 is 0.559 bits per heavy atom. The van der Waals surface area contributed by atoms with Gasteiger partial charge in [0, 0.05) is 19.3 Å². The molecule has 0 amide bonds. The van der Waals surface area contributed by atoms with Crippen molar-refractivity contribution in [3.05, 3.63) is 0 Å². The number of rotatable bonds is 47. The first-order chi connectivity index (χ1) is 28.7. The molecule has 0 rings (SSSR count). The summed E-state index contributed by atoms with van der Waals surface area (Å²) in [5.41, 5.74) is 0. The van der Waals surface area contributed by atoms with Gasteiger partial charge in [0.1, 0.15) is 13.2 Å². The van der Waals surface area contributed by atoms with Crippen molar-refractivity contribution >= 4 is 17.9 Å². The highest BCUT2D eigenvalue weighted by Gasteiger charge is 2.19. The Kier molecular flexibility index (Phi) is 44.7. The van der Waals surface area contributed by atoms with Crippen LogP contribution in [0, 0.1) is 11.8 Å². The normalized spacial score (nSPS) is 12.1. The van der Waals surface area contributed by atoms with Crippen molar-refractivity contribution in [3.8, 4) is 0 Å². The van der Waals surface area contributed by atoms with Gasteiger partial charge in [-0.3, -0.25) is 14.4 Å². The molecule has 0 aliphatic rings. The number of carbonyl (C=O) groups excluding carboxylic acids is 3. The van der Waals surface area contributed by atoms with Crippen LogP contribution in [-0.4, -0.2) is 37.2 Å². The lowest BCUT2D eigenvalue weighted by atomic mass is 10.0. The van der Waals surface area contributed by atoms with Gasteiger partial charge in [0.05, 0.1) is 0 Å². The van der Waals surface area contributed by atoms with E-state index in [1.807, 2.05) is 0 Å². The summed E-state index contributed by atoms with van der Waals surface area (Å²) in [6, 6.07) is 0. The van der Waals surface area contributed by atoms with E-state index in [1.54, 1.807) is 0 Å². The predicted molar refractivity (Wildman–Crippen MR) is 252 cm³/mol. The molecule has 0 fully saturated rings. The molecule has 0 aliphatic carbocycles. The SMILES string of the molecule is CCCCCCCCCCCCCCCCCCCCC(=O)OC[C@@H](COC(=O)CCCCCCCCCCC(C)C)OC(=O)CCCCCCCCCCCC(C)C. The lowest BCUT2D eigenvalue weighted by Gasteiger charge is -2.18. The van der Waals surface area contributed by atoms with E-state index in [-0.39, 0.29) is 31.1 Å². The maximum atomic E-state index is 12.8. The Morgan fingerprint density at radius 1 is 0.322 bits per heavy atom. The summed E-state index contributed by atoms with van der Waals surface area (Å²) in [6.45, 7) is 11.3. The fourth-order valence-electron chi connectivity index (χ4n) is 7.99. The highest BCUT2D eigenvalue weighted by molar-refractivity contribution is 5.71. The molecule has 0 bridgehead atoms. The zero-order valence-corrected chi connectivity index (χ0v) is 40.4. The van der Waals surface area contributed by atoms with E-state index in [1.165, 1.54) is 180 Å². The zero-order valence-electron chi connectivity index (χ0n) is 40.4. The smallest absolute Gasteiger partial charge is 0.306 e. The zero-order chi connectivity index (χ0) is 43.3. The highest BCUT2D eigenvalue weighted by atomic mass is 16.6. The molecule has 0 aromatic rings. The molecule has 6 heteroatoms. The van der Waals surface area contributed by atoms with Gasteiger partial charge in [-0.25, -0.2) is 0 Å². The van der Waals surface area contributed by atoms with Crippen molar-refractivity contribution in [1.82, 2.24) is 0 Å². The molecule has 6 nitrogen and oxygen atoms in total. The summed E-state index contributed by atoms with van der Waals surface area (Å²) in [4.78, 5) is 37.9. The van der Waals surface area contributed by atoms with Crippen LogP contribution in [0.4, 0.5) is 0 Å². The number of carbonyl (C=O) groups is 3. The lowest BCUT2D eigenvalue weighted by Crippen LogP contribution is -2.30. The van der Waals surface area contributed by atoms with Crippen LogP contribution in [0.25, 0.3) is 0 Å². The van der Waals surface area contributed by atoms with E-state index in [4.69, 9.17) is 14.2 Å².